The van der Waals surface area contributed by atoms with E-state index in [9.17, 15) is 35.1 Å². The average Bonchev–Trinajstić information content (AvgIpc) is 2.87. The van der Waals surface area contributed by atoms with E-state index >= 15 is 0 Å². The summed E-state index contributed by atoms with van der Waals surface area (Å²) in [6, 6.07) is 4.60. The van der Waals surface area contributed by atoms with Crippen LogP contribution in [0, 0.1) is 30.3 Å². The number of hydrogen-bond acceptors (Lipinski definition) is 10. The highest BCUT2D eigenvalue weighted by Crippen LogP contribution is 2.29. The SMILES string of the molecule is O=C(OC1C[C@H](O[N+](=O)[O-])[C@H](O[N+](=O)[O-])C1)c1ccc([N+](=O)[O-])cc1. The zero-order valence-electron chi connectivity index (χ0n) is 12.4. The van der Waals surface area contributed by atoms with Crippen molar-refractivity contribution < 1.29 is 34.3 Å². The molecule has 0 radical (unpaired) electrons. The van der Waals surface area contributed by atoms with Crippen LogP contribution in [0.5, 0.6) is 0 Å². The van der Waals surface area contributed by atoms with E-state index in [2.05, 4.69) is 9.68 Å². The summed E-state index contributed by atoms with van der Waals surface area (Å²) in [4.78, 5) is 51.4. The molecule has 25 heavy (non-hydrogen) atoms. The van der Waals surface area contributed by atoms with Gasteiger partial charge in [-0.3, -0.25) is 10.1 Å². The number of nitrogens with zero attached hydrogens (tertiary/aromatic N) is 3. The summed E-state index contributed by atoms with van der Waals surface area (Å²) < 4.78 is 5.11. The van der Waals surface area contributed by atoms with Crippen LogP contribution >= 0.6 is 0 Å². The number of ether oxygens (including phenoxy) is 1. The molecule has 0 saturated heterocycles. The molecule has 0 amide bonds. The molecule has 0 aliphatic heterocycles. The minimum Gasteiger partial charge on any atom is -0.459 e. The number of nitro benzene ring substituents is 1. The molecule has 3 atom stereocenters. The number of non-ortho nitro benzene ring substituents is 1. The highest BCUT2D eigenvalue weighted by Gasteiger charge is 2.41. The number of nitro groups is 1. The Balaban J connectivity index is 2.01. The first-order valence-corrected chi connectivity index (χ1v) is 6.84. The molecule has 13 heteroatoms. The normalized spacial score (nSPS) is 22.0. The molecule has 0 N–H and O–H groups in total. The van der Waals surface area contributed by atoms with Crippen LogP contribution < -0.4 is 0 Å². The molecule has 0 spiro atoms. The number of esters is 1. The van der Waals surface area contributed by atoms with Gasteiger partial charge in [-0.15, -0.1) is 20.2 Å². The third-order valence-electron chi connectivity index (χ3n) is 3.44. The van der Waals surface area contributed by atoms with Gasteiger partial charge in [-0.2, -0.15) is 0 Å². The molecular formula is C12H11N3O10. The predicted molar refractivity (Wildman–Crippen MR) is 75.3 cm³/mol. The van der Waals surface area contributed by atoms with Crippen molar-refractivity contribution in [3.05, 3.63) is 60.2 Å². The smallest absolute Gasteiger partial charge is 0.338 e. The van der Waals surface area contributed by atoms with Crippen molar-refractivity contribution >= 4 is 11.7 Å². The minimum atomic E-state index is -1.25. The van der Waals surface area contributed by atoms with E-state index < -0.39 is 39.4 Å². The Kier molecular flexibility index (Phi) is 5.26. The van der Waals surface area contributed by atoms with Crippen LogP contribution in [0.3, 0.4) is 0 Å². The van der Waals surface area contributed by atoms with Crippen LogP contribution in [0.2, 0.25) is 0 Å². The molecule has 1 aromatic rings. The highest BCUT2D eigenvalue weighted by atomic mass is 17.0. The maximum absolute atomic E-state index is 12.0. The van der Waals surface area contributed by atoms with Crippen LogP contribution in [0.4, 0.5) is 5.69 Å². The second kappa shape index (κ2) is 7.37. The summed E-state index contributed by atoms with van der Waals surface area (Å²) in [5.41, 5.74) is -0.188. The van der Waals surface area contributed by atoms with Crippen molar-refractivity contribution in [2.24, 2.45) is 0 Å². The van der Waals surface area contributed by atoms with Crippen molar-refractivity contribution in [2.75, 3.05) is 0 Å². The molecule has 1 unspecified atom stereocenters. The van der Waals surface area contributed by atoms with Crippen molar-refractivity contribution in [3.8, 4) is 0 Å². The fourth-order valence-electron chi connectivity index (χ4n) is 2.40. The zero-order chi connectivity index (χ0) is 18.6. The van der Waals surface area contributed by atoms with E-state index in [0.29, 0.717) is 0 Å². The molecule has 1 aromatic carbocycles. The molecule has 2 rings (SSSR count). The third kappa shape index (κ3) is 4.73. The largest absolute Gasteiger partial charge is 0.459 e. The van der Waals surface area contributed by atoms with E-state index in [1.165, 1.54) is 12.1 Å². The van der Waals surface area contributed by atoms with E-state index in [1.807, 2.05) is 0 Å². The van der Waals surface area contributed by atoms with Gasteiger partial charge in [-0.25, -0.2) is 4.79 Å². The van der Waals surface area contributed by atoms with Crippen molar-refractivity contribution in [3.63, 3.8) is 0 Å². The van der Waals surface area contributed by atoms with Crippen LogP contribution in [0.1, 0.15) is 23.2 Å². The Labute approximate surface area is 138 Å². The van der Waals surface area contributed by atoms with Gasteiger partial charge in [0, 0.05) is 25.0 Å². The molecule has 1 aliphatic carbocycles. The lowest BCUT2D eigenvalue weighted by Gasteiger charge is -2.14. The summed E-state index contributed by atoms with van der Waals surface area (Å²) in [7, 11) is 0. The van der Waals surface area contributed by atoms with Gasteiger partial charge in [0.05, 0.1) is 10.5 Å². The van der Waals surface area contributed by atoms with Gasteiger partial charge in [0.2, 0.25) is 0 Å². The van der Waals surface area contributed by atoms with Crippen molar-refractivity contribution in [2.45, 2.75) is 31.2 Å². The molecule has 1 fully saturated rings. The Morgan fingerprint density at radius 1 is 0.920 bits per heavy atom. The summed E-state index contributed by atoms with van der Waals surface area (Å²) >= 11 is 0. The Morgan fingerprint density at radius 2 is 1.40 bits per heavy atom. The first kappa shape index (κ1) is 17.8. The van der Waals surface area contributed by atoms with Crippen LogP contribution in [-0.2, 0) is 14.4 Å². The van der Waals surface area contributed by atoms with Crippen LogP contribution in [0.15, 0.2) is 24.3 Å². The zero-order valence-corrected chi connectivity index (χ0v) is 12.4. The van der Waals surface area contributed by atoms with Gasteiger partial charge in [0.15, 0.2) is 0 Å². The number of rotatable bonds is 7. The number of carbonyl (C=O) groups excluding carboxylic acids is 1. The lowest BCUT2D eigenvalue weighted by Crippen LogP contribution is -2.30. The monoisotopic (exact) mass is 357 g/mol. The third-order valence-corrected chi connectivity index (χ3v) is 3.44. The summed E-state index contributed by atoms with van der Waals surface area (Å²) in [5, 5.41) is 29.2. The second-order valence-corrected chi connectivity index (χ2v) is 5.04. The molecule has 134 valence electrons. The van der Waals surface area contributed by atoms with Crippen LogP contribution in [-0.4, -0.2) is 39.4 Å². The standard InChI is InChI=1S/C12H11N3O10/c16-12(7-1-3-8(4-2-7)13(17)18)23-9-5-10(24-14(19)20)11(6-9)25-15(21)22/h1-4,9-11H,5-6H2/t9?,10-,11+. The Morgan fingerprint density at radius 3 is 1.80 bits per heavy atom. The first-order valence-electron chi connectivity index (χ1n) is 6.84. The van der Waals surface area contributed by atoms with Gasteiger partial charge in [-0.05, 0) is 12.1 Å². The van der Waals surface area contributed by atoms with E-state index in [0.717, 1.165) is 12.1 Å². The lowest BCUT2D eigenvalue weighted by molar-refractivity contribution is -0.797. The van der Waals surface area contributed by atoms with Crippen molar-refractivity contribution in [1.29, 1.82) is 0 Å². The molecule has 1 saturated carbocycles. The van der Waals surface area contributed by atoms with Gasteiger partial charge < -0.3 is 14.4 Å². The summed E-state index contributed by atoms with van der Waals surface area (Å²) in [5.74, 6) is -0.832. The maximum Gasteiger partial charge on any atom is 0.338 e. The van der Waals surface area contributed by atoms with Gasteiger partial charge in [-0.1, -0.05) is 0 Å². The number of hydrogen-bond donors (Lipinski definition) is 0. The van der Waals surface area contributed by atoms with E-state index in [1.54, 1.807) is 0 Å². The molecule has 13 nitrogen and oxygen atoms in total. The Bertz CT molecular complexity index is 667. The van der Waals surface area contributed by atoms with E-state index in [-0.39, 0.29) is 24.1 Å². The van der Waals surface area contributed by atoms with Crippen molar-refractivity contribution in [1.82, 2.24) is 0 Å². The topological polar surface area (TPSA) is 174 Å². The summed E-state index contributed by atoms with van der Waals surface area (Å²) in [6.45, 7) is 0. The minimum absolute atomic E-state index is 0.0241. The molecule has 0 bridgehead atoms. The lowest BCUT2D eigenvalue weighted by atomic mass is 10.2. The average molecular weight is 357 g/mol. The summed E-state index contributed by atoms with van der Waals surface area (Å²) in [6.07, 6.45) is -3.75. The van der Waals surface area contributed by atoms with Gasteiger partial charge in [0.1, 0.15) is 18.3 Å². The second-order valence-electron chi connectivity index (χ2n) is 5.04. The fraction of sp³-hybridized carbons (Fsp3) is 0.417. The molecule has 0 heterocycles. The Hall–Kier alpha value is -3.51. The molecular weight excluding hydrogens is 346 g/mol. The first-order chi connectivity index (χ1) is 11.8. The highest BCUT2D eigenvalue weighted by molar-refractivity contribution is 5.89. The maximum atomic E-state index is 12.0. The molecule has 1 aliphatic rings. The number of carbonyl (C=O) groups is 1. The predicted octanol–water partition coefficient (Wildman–Crippen LogP) is 1.07. The number of benzene rings is 1. The quantitative estimate of drug-likeness (QED) is 0.390. The van der Waals surface area contributed by atoms with E-state index in [4.69, 9.17) is 4.74 Å². The van der Waals surface area contributed by atoms with Crippen LogP contribution in [0.25, 0.3) is 0 Å². The molecule has 0 aromatic heterocycles. The van der Waals surface area contributed by atoms with Gasteiger partial charge in [0.25, 0.3) is 15.9 Å². The fourth-order valence-corrected chi connectivity index (χ4v) is 2.40. The van der Waals surface area contributed by atoms with Gasteiger partial charge >= 0.3 is 5.97 Å².